The number of hydrogen-bond acceptors (Lipinski definition) is 4. The summed E-state index contributed by atoms with van der Waals surface area (Å²) in [7, 11) is -0.115. The summed E-state index contributed by atoms with van der Waals surface area (Å²) in [6, 6.07) is 0. The smallest absolute Gasteiger partial charge is 0.214 e. The van der Waals surface area contributed by atoms with Gasteiger partial charge in [0, 0.05) is 39.8 Å². The lowest BCUT2D eigenvalue weighted by molar-refractivity contribution is 0.164. The first-order valence-electron chi connectivity index (χ1n) is 5.99. The van der Waals surface area contributed by atoms with Crippen LogP contribution in [0.4, 0.5) is 0 Å². The minimum absolute atomic E-state index is 0.0517. The molecular formula is C11H24ClNO4S. The fraction of sp³-hybridized carbons (Fsp3) is 1.00. The van der Waals surface area contributed by atoms with Gasteiger partial charge in [-0.3, -0.25) is 0 Å². The molecule has 0 amide bonds. The molecule has 0 aliphatic carbocycles. The molecule has 0 aromatic heterocycles. The van der Waals surface area contributed by atoms with Crippen molar-refractivity contribution in [1.29, 1.82) is 0 Å². The number of ether oxygens (including phenoxy) is 2. The second-order valence-electron chi connectivity index (χ2n) is 4.28. The van der Waals surface area contributed by atoms with Crippen molar-refractivity contribution in [3.63, 3.8) is 0 Å². The molecule has 0 fully saturated rings. The lowest BCUT2D eigenvalue weighted by atomic mass is 10.3. The Labute approximate surface area is 115 Å². The fourth-order valence-corrected chi connectivity index (χ4v) is 3.52. The number of hydrogen-bond donors (Lipinski definition) is 0. The largest absolute Gasteiger partial charge is 0.385 e. The van der Waals surface area contributed by atoms with E-state index in [1.54, 1.807) is 14.2 Å². The maximum atomic E-state index is 12.2. The predicted octanol–water partition coefficient (Wildman–Crippen LogP) is 1.18. The van der Waals surface area contributed by atoms with Crippen LogP contribution >= 0.6 is 11.6 Å². The van der Waals surface area contributed by atoms with Crippen molar-refractivity contribution in [3.05, 3.63) is 0 Å². The Balaban J connectivity index is 4.49. The molecule has 0 aliphatic rings. The van der Waals surface area contributed by atoms with Crippen LogP contribution in [0, 0.1) is 5.92 Å². The van der Waals surface area contributed by atoms with Crippen LogP contribution in [-0.4, -0.2) is 64.9 Å². The second-order valence-corrected chi connectivity index (χ2v) is 6.60. The minimum atomic E-state index is -3.27. The molecule has 1 unspecified atom stereocenters. The van der Waals surface area contributed by atoms with Gasteiger partial charge in [0.2, 0.25) is 10.0 Å². The Kier molecular flexibility index (Phi) is 10.0. The number of alkyl halides is 1. The first-order valence-corrected chi connectivity index (χ1v) is 8.14. The van der Waals surface area contributed by atoms with Crippen LogP contribution in [-0.2, 0) is 19.5 Å². The van der Waals surface area contributed by atoms with Crippen molar-refractivity contribution in [2.24, 2.45) is 5.92 Å². The van der Waals surface area contributed by atoms with E-state index < -0.39 is 10.0 Å². The topological polar surface area (TPSA) is 55.8 Å². The van der Waals surface area contributed by atoms with Crippen LogP contribution < -0.4 is 0 Å². The van der Waals surface area contributed by atoms with Crippen molar-refractivity contribution >= 4 is 21.6 Å². The summed E-state index contributed by atoms with van der Waals surface area (Å²) in [6.07, 6.45) is 0.675. The van der Waals surface area contributed by atoms with Gasteiger partial charge in [-0.25, -0.2) is 8.42 Å². The monoisotopic (exact) mass is 301 g/mol. The highest BCUT2D eigenvalue weighted by molar-refractivity contribution is 7.89. The highest BCUT2D eigenvalue weighted by atomic mass is 35.5. The van der Waals surface area contributed by atoms with Crippen molar-refractivity contribution in [1.82, 2.24) is 4.31 Å². The Morgan fingerprint density at radius 2 is 1.78 bits per heavy atom. The standard InChI is InChI=1S/C11H24ClNO4S/c1-11(9-12)10-18(14,15)13(6-8-17-3)5-4-7-16-2/h11H,4-10H2,1-3H3. The van der Waals surface area contributed by atoms with Gasteiger partial charge < -0.3 is 9.47 Å². The Morgan fingerprint density at radius 1 is 1.17 bits per heavy atom. The third kappa shape index (κ3) is 7.53. The van der Waals surface area contributed by atoms with Gasteiger partial charge in [0.1, 0.15) is 0 Å². The Bertz CT molecular complexity index is 297. The van der Waals surface area contributed by atoms with Crippen LogP contribution in [0.1, 0.15) is 13.3 Å². The average Bonchev–Trinajstić information content (AvgIpc) is 2.32. The Morgan fingerprint density at radius 3 is 2.28 bits per heavy atom. The second kappa shape index (κ2) is 9.97. The van der Waals surface area contributed by atoms with Gasteiger partial charge in [0.15, 0.2) is 0 Å². The molecule has 0 saturated carbocycles. The van der Waals surface area contributed by atoms with E-state index in [-0.39, 0.29) is 11.7 Å². The van der Waals surface area contributed by atoms with Gasteiger partial charge in [0.25, 0.3) is 0 Å². The fourth-order valence-electron chi connectivity index (χ4n) is 1.48. The zero-order valence-corrected chi connectivity index (χ0v) is 13.0. The molecule has 0 aromatic rings. The summed E-state index contributed by atoms with van der Waals surface area (Å²) in [4.78, 5) is 0. The molecule has 0 bridgehead atoms. The first kappa shape index (κ1) is 18.1. The van der Waals surface area contributed by atoms with Gasteiger partial charge >= 0.3 is 0 Å². The molecule has 7 heteroatoms. The maximum Gasteiger partial charge on any atom is 0.214 e. The molecule has 0 heterocycles. The normalized spacial score (nSPS) is 14.1. The van der Waals surface area contributed by atoms with E-state index in [4.69, 9.17) is 21.1 Å². The van der Waals surface area contributed by atoms with E-state index in [2.05, 4.69) is 0 Å². The van der Waals surface area contributed by atoms with E-state index in [0.717, 1.165) is 0 Å². The van der Waals surface area contributed by atoms with Crippen molar-refractivity contribution in [2.75, 3.05) is 52.2 Å². The van der Waals surface area contributed by atoms with E-state index in [1.807, 2.05) is 6.92 Å². The molecule has 18 heavy (non-hydrogen) atoms. The average molecular weight is 302 g/mol. The summed E-state index contributed by atoms with van der Waals surface area (Å²) in [5, 5.41) is 0. The van der Waals surface area contributed by atoms with E-state index in [9.17, 15) is 8.42 Å². The molecule has 0 aromatic carbocycles. The molecule has 0 rings (SSSR count). The Hall–Kier alpha value is 0.120. The molecule has 110 valence electrons. The van der Waals surface area contributed by atoms with Crippen molar-refractivity contribution in [2.45, 2.75) is 13.3 Å². The van der Waals surface area contributed by atoms with E-state index >= 15 is 0 Å². The molecule has 5 nitrogen and oxygen atoms in total. The quantitative estimate of drug-likeness (QED) is 0.425. The molecule has 0 spiro atoms. The predicted molar refractivity (Wildman–Crippen MR) is 73.6 cm³/mol. The van der Waals surface area contributed by atoms with Gasteiger partial charge in [-0.05, 0) is 12.3 Å². The highest BCUT2D eigenvalue weighted by Crippen LogP contribution is 2.09. The maximum absolute atomic E-state index is 12.2. The summed E-state index contributed by atoms with van der Waals surface area (Å²) >= 11 is 5.67. The third-order valence-corrected chi connectivity index (χ3v) is 5.12. The van der Waals surface area contributed by atoms with Crippen molar-refractivity contribution < 1.29 is 17.9 Å². The molecule has 0 aliphatic heterocycles. The number of halogens is 1. The molecule has 0 N–H and O–H groups in total. The third-order valence-electron chi connectivity index (χ3n) is 2.45. The first-order chi connectivity index (χ1) is 8.47. The zero-order chi connectivity index (χ0) is 14.0. The van der Waals surface area contributed by atoms with Gasteiger partial charge in [0.05, 0.1) is 12.4 Å². The molecule has 1 atom stereocenters. The van der Waals surface area contributed by atoms with Crippen molar-refractivity contribution in [3.8, 4) is 0 Å². The van der Waals surface area contributed by atoms with E-state index in [1.165, 1.54) is 4.31 Å². The highest BCUT2D eigenvalue weighted by Gasteiger charge is 2.23. The van der Waals surface area contributed by atoms with E-state index in [0.29, 0.717) is 38.6 Å². The van der Waals surface area contributed by atoms with Crippen LogP contribution in [0.5, 0.6) is 0 Å². The number of methoxy groups -OCH3 is 2. The lowest BCUT2D eigenvalue weighted by Crippen LogP contribution is -2.38. The summed E-state index contributed by atoms with van der Waals surface area (Å²) < 4.78 is 35.7. The lowest BCUT2D eigenvalue weighted by Gasteiger charge is -2.23. The number of sulfonamides is 1. The summed E-state index contributed by atoms with van der Waals surface area (Å²) in [5.41, 5.74) is 0. The number of nitrogens with zero attached hydrogens (tertiary/aromatic N) is 1. The van der Waals surface area contributed by atoms with Crippen LogP contribution in [0.25, 0.3) is 0 Å². The summed E-state index contributed by atoms with van der Waals surface area (Å²) in [5.74, 6) is 0.368. The molecule has 0 radical (unpaired) electrons. The molecule has 0 saturated heterocycles. The van der Waals surface area contributed by atoms with Crippen LogP contribution in [0.3, 0.4) is 0 Å². The summed E-state index contributed by atoms with van der Waals surface area (Å²) in [6.45, 7) is 3.59. The zero-order valence-electron chi connectivity index (χ0n) is 11.4. The van der Waals surface area contributed by atoms with Gasteiger partial charge in [-0.15, -0.1) is 11.6 Å². The molecular weight excluding hydrogens is 278 g/mol. The van der Waals surface area contributed by atoms with Gasteiger partial charge in [-0.1, -0.05) is 6.92 Å². The van der Waals surface area contributed by atoms with Gasteiger partial charge in [-0.2, -0.15) is 4.31 Å². The minimum Gasteiger partial charge on any atom is -0.385 e. The SMILES string of the molecule is COCCCN(CCOC)S(=O)(=O)CC(C)CCl. The van der Waals surface area contributed by atoms with Crippen LogP contribution in [0.15, 0.2) is 0 Å². The number of rotatable bonds is 11. The van der Waals surface area contributed by atoms with Crippen LogP contribution in [0.2, 0.25) is 0 Å².